The van der Waals surface area contributed by atoms with E-state index in [1.54, 1.807) is 0 Å². The molecule has 0 bridgehead atoms. The molecule has 4 heteroatoms. The minimum absolute atomic E-state index is 0.730. The maximum absolute atomic E-state index is 4.84. The number of anilines is 1. The molecule has 0 spiro atoms. The molecule has 110 valence electrons. The molecule has 0 unspecified atom stereocenters. The lowest BCUT2D eigenvalue weighted by molar-refractivity contribution is 0.676. The number of thioether (sulfide) groups is 1. The highest BCUT2D eigenvalue weighted by molar-refractivity contribution is 7.99. The number of hydrogen-bond donors (Lipinski definition) is 1. The predicted octanol–water partition coefficient (Wildman–Crippen LogP) is 3.04. The van der Waals surface area contributed by atoms with Gasteiger partial charge < -0.3 is 10.2 Å². The quantitative estimate of drug-likeness (QED) is 0.939. The fourth-order valence-electron chi connectivity index (χ4n) is 2.90. The Labute approximate surface area is 130 Å². The Balaban J connectivity index is 1.70. The van der Waals surface area contributed by atoms with E-state index in [1.807, 2.05) is 0 Å². The van der Waals surface area contributed by atoms with E-state index in [2.05, 4.69) is 52.3 Å². The van der Waals surface area contributed by atoms with Gasteiger partial charge in [0.05, 0.1) is 11.2 Å². The van der Waals surface area contributed by atoms with Gasteiger partial charge in [-0.15, -0.1) is 0 Å². The summed E-state index contributed by atoms with van der Waals surface area (Å²) in [5.41, 5.74) is 3.67. The van der Waals surface area contributed by atoms with Gasteiger partial charge in [0.15, 0.2) is 0 Å². The number of aromatic nitrogens is 1. The first-order valence-electron chi connectivity index (χ1n) is 7.85. The summed E-state index contributed by atoms with van der Waals surface area (Å²) in [6.07, 6.45) is 2.65. The third-order valence-electron chi connectivity index (χ3n) is 4.25. The minimum atomic E-state index is 0.730. The zero-order valence-electron chi connectivity index (χ0n) is 12.2. The van der Waals surface area contributed by atoms with Gasteiger partial charge in [-0.05, 0) is 25.0 Å². The van der Waals surface area contributed by atoms with Crippen molar-refractivity contribution in [3.8, 4) is 0 Å². The number of rotatable bonds is 4. The predicted molar refractivity (Wildman–Crippen MR) is 91.1 cm³/mol. The second kappa shape index (κ2) is 5.85. The molecule has 4 rings (SSSR count). The average molecular weight is 299 g/mol. The summed E-state index contributed by atoms with van der Waals surface area (Å²) in [6, 6.07) is 11.6. The number of para-hydroxylation sites is 1. The third-order valence-corrected chi connectivity index (χ3v) is 5.19. The summed E-state index contributed by atoms with van der Waals surface area (Å²) in [5, 5.41) is 4.87. The number of pyridine rings is 1. The van der Waals surface area contributed by atoms with Crippen LogP contribution in [-0.4, -0.2) is 35.6 Å². The molecule has 1 saturated heterocycles. The van der Waals surface area contributed by atoms with Crippen LogP contribution in [0.15, 0.2) is 30.3 Å². The van der Waals surface area contributed by atoms with Crippen LogP contribution in [0, 0.1) is 0 Å². The minimum Gasteiger partial charge on any atom is -0.369 e. The first-order valence-corrected chi connectivity index (χ1v) is 9.00. The lowest BCUT2D eigenvalue weighted by atomic mass is 10.1. The second-order valence-electron chi connectivity index (χ2n) is 5.90. The number of nitrogens with one attached hydrogen (secondary N) is 1. The van der Waals surface area contributed by atoms with Crippen molar-refractivity contribution in [1.29, 1.82) is 0 Å². The molecule has 0 amide bonds. The molecule has 1 aromatic heterocycles. The van der Waals surface area contributed by atoms with E-state index < -0.39 is 0 Å². The summed E-state index contributed by atoms with van der Waals surface area (Å²) < 4.78 is 0. The Morgan fingerprint density at radius 1 is 1.19 bits per heavy atom. The number of fused-ring (bicyclic) bond motifs is 1. The first-order chi connectivity index (χ1) is 10.4. The fourth-order valence-corrected chi connectivity index (χ4v) is 3.81. The summed E-state index contributed by atoms with van der Waals surface area (Å²) in [7, 11) is 0. The molecule has 1 aliphatic heterocycles. The average Bonchev–Trinajstić information content (AvgIpc) is 3.37. The number of nitrogens with zero attached hydrogens (tertiary/aromatic N) is 2. The normalized spacial score (nSPS) is 19.1. The molecule has 0 atom stereocenters. The Bertz CT molecular complexity index is 633. The molecular weight excluding hydrogens is 278 g/mol. The molecule has 2 fully saturated rings. The van der Waals surface area contributed by atoms with Crippen molar-refractivity contribution >= 4 is 28.4 Å². The maximum atomic E-state index is 4.84. The molecule has 2 aromatic rings. The Morgan fingerprint density at radius 2 is 2.00 bits per heavy atom. The van der Waals surface area contributed by atoms with Crippen LogP contribution in [-0.2, 0) is 6.54 Å². The van der Waals surface area contributed by atoms with Gasteiger partial charge in [-0.2, -0.15) is 11.8 Å². The molecule has 1 N–H and O–H groups in total. The SMILES string of the molecule is c1ccc2c(N3CCSCC3)cc(CNC3CC3)nc2c1. The van der Waals surface area contributed by atoms with Gasteiger partial charge >= 0.3 is 0 Å². The molecule has 0 radical (unpaired) electrons. The van der Waals surface area contributed by atoms with Crippen LogP contribution in [0.4, 0.5) is 5.69 Å². The summed E-state index contributed by atoms with van der Waals surface area (Å²) in [6.45, 7) is 3.19. The standard InChI is InChI=1S/C17H21N3S/c1-2-4-16-15(3-1)17(20-7-9-21-10-8-20)11-14(19-16)12-18-13-5-6-13/h1-4,11,13,18H,5-10,12H2. The van der Waals surface area contributed by atoms with Crippen LogP contribution < -0.4 is 10.2 Å². The molecule has 1 aliphatic carbocycles. The van der Waals surface area contributed by atoms with Crippen molar-refractivity contribution in [2.24, 2.45) is 0 Å². The van der Waals surface area contributed by atoms with E-state index in [-0.39, 0.29) is 0 Å². The van der Waals surface area contributed by atoms with Crippen LogP contribution in [0.1, 0.15) is 18.5 Å². The Hall–Kier alpha value is -1.26. The summed E-state index contributed by atoms with van der Waals surface area (Å²) in [5.74, 6) is 2.46. The monoisotopic (exact) mass is 299 g/mol. The zero-order chi connectivity index (χ0) is 14.1. The van der Waals surface area contributed by atoms with E-state index in [4.69, 9.17) is 4.98 Å². The number of benzene rings is 1. The van der Waals surface area contributed by atoms with E-state index >= 15 is 0 Å². The molecule has 21 heavy (non-hydrogen) atoms. The van der Waals surface area contributed by atoms with Crippen molar-refractivity contribution < 1.29 is 0 Å². The molecule has 1 aromatic carbocycles. The highest BCUT2D eigenvalue weighted by Gasteiger charge is 2.21. The molecule has 2 aliphatic rings. The van der Waals surface area contributed by atoms with Crippen LogP contribution in [0.3, 0.4) is 0 Å². The van der Waals surface area contributed by atoms with Crippen molar-refractivity contribution in [2.45, 2.75) is 25.4 Å². The van der Waals surface area contributed by atoms with E-state index in [1.165, 1.54) is 41.1 Å². The van der Waals surface area contributed by atoms with Gasteiger partial charge in [-0.3, -0.25) is 4.98 Å². The van der Waals surface area contributed by atoms with Crippen molar-refractivity contribution in [2.75, 3.05) is 29.5 Å². The topological polar surface area (TPSA) is 28.2 Å². The van der Waals surface area contributed by atoms with Gasteiger partial charge in [0.25, 0.3) is 0 Å². The smallest absolute Gasteiger partial charge is 0.0726 e. The zero-order valence-corrected chi connectivity index (χ0v) is 13.0. The van der Waals surface area contributed by atoms with E-state index in [9.17, 15) is 0 Å². The number of hydrogen-bond acceptors (Lipinski definition) is 4. The van der Waals surface area contributed by atoms with Crippen molar-refractivity contribution in [3.63, 3.8) is 0 Å². The van der Waals surface area contributed by atoms with Crippen LogP contribution in [0.2, 0.25) is 0 Å². The lowest BCUT2D eigenvalue weighted by Crippen LogP contribution is -2.32. The highest BCUT2D eigenvalue weighted by Crippen LogP contribution is 2.29. The first kappa shape index (κ1) is 13.4. The van der Waals surface area contributed by atoms with E-state index in [0.29, 0.717) is 0 Å². The van der Waals surface area contributed by atoms with Crippen LogP contribution in [0.5, 0.6) is 0 Å². The Morgan fingerprint density at radius 3 is 2.81 bits per heavy atom. The van der Waals surface area contributed by atoms with Crippen LogP contribution >= 0.6 is 11.8 Å². The molecule has 3 nitrogen and oxygen atoms in total. The van der Waals surface area contributed by atoms with Gasteiger partial charge in [-0.1, -0.05) is 18.2 Å². The van der Waals surface area contributed by atoms with Gasteiger partial charge in [0.1, 0.15) is 0 Å². The lowest BCUT2D eigenvalue weighted by Gasteiger charge is -2.30. The van der Waals surface area contributed by atoms with Gasteiger partial charge in [0.2, 0.25) is 0 Å². The maximum Gasteiger partial charge on any atom is 0.0726 e. The third kappa shape index (κ3) is 3.01. The largest absolute Gasteiger partial charge is 0.369 e. The molecule has 1 saturated carbocycles. The molecule has 2 heterocycles. The molecular formula is C17H21N3S. The van der Waals surface area contributed by atoms with Crippen molar-refractivity contribution in [3.05, 3.63) is 36.0 Å². The van der Waals surface area contributed by atoms with Gasteiger partial charge in [-0.25, -0.2) is 0 Å². The second-order valence-corrected chi connectivity index (χ2v) is 7.13. The Kier molecular flexibility index (Phi) is 3.74. The van der Waals surface area contributed by atoms with Gasteiger partial charge in [0, 0.05) is 48.3 Å². The summed E-state index contributed by atoms with van der Waals surface area (Å²) >= 11 is 2.06. The fraction of sp³-hybridized carbons (Fsp3) is 0.471. The highest BCUT2D eigenvalue weighted by atomic mass is 32.2. The van der Waals surface area contributed by atoms with Crippen molar-refractivity contribution in [1.82, 2.24) is 10.3 Å². The summed E-state index contributed by atoms with van der Waals surface area (Å²) in [4.78, 5) is 7.36. The van der Waals surface area contributed by atoms with E-state index in [0.717, 1.165) is 31.2 Å². The van der Waals surface area contributed by atoms with Crippen LogP contribution in [0.25, 0.3) is 10.9 Å².